The highest BCUT2D eigenvalue weighted by atomic mass is 32.2. The van der Waals surface area contributed by atoms with Crippen LogP contribution in [0.25, 0.3) is 0 Å². The molecular weight excluding hydrogens is 458 g/mol. The minimum absolute atomic E-state index is 0.0984. The summed E-state index contributed by atoms with van der Waals surface area (Å²) in [6.45, 7) is 9.81. The summed E-state index contributed by atoms with van der Waals surface area (Å²) >= 11 is 0. The van der Waals surface area contributed by atoms with Crippen molar-refractivity contribution in [2.75, 3.05) is 13.1 Å². The van der Waals surface area contributed by atoms with Gasteiger partial charge in [-0.2, -0.15) is 4.72 Å². The summed E-state index contributed by atoms with van der Waals surface area (Å²) in [6, 6.07) is 4.55. The third kappa shape index (κ3) is 7.53. The summed E-state index contributed by atoms with van der Waals surface area (Å²) in [6.07, 6.45) is 1.12. The Morgan fingerprint density at radius 1 is 1.06 bits per heavy atom. The molecule has 0 spiro atoms. The van der Waals surface area contributed by atoms with Crippen LogP contribution in [0.4, 0.5) is 0 Å². The van der Waals surface area contributed by atoms with Crippen molar-refractivity contribution in [3.63, 3.8) is 0 Å². The first-order valence-electron chi connectivity index (χ1n) is 11.7. The van der Waals surface area contributed by atoms with Gasteiger partial charge in [-0.1, -0.05) is 45.4 Å². The number of carboxylic acids is 1. The van der Waals surface area contributed by atoms with E-state index in [1.54, 1.807) is 30.9 Å². The van der Waals surface area contributed by atoms with E-state index in [4.69, 9.17) is 0 Å². The molecule has 1 saturated heterocycles. The molecule has 2 amide bonds. The van der Waals surface area contributed by atoms with E-state index in [1.807, 2.05) is 20.8 Å². The van der Waals surface area contributed by atoms with E-state index in [9.17, 15) is 27.9 Å². The van der Waals surface area contributed by atoms with Crippen molar-refractivity contribution in [1.29, 1.82) is 0 Å². The molecule has 9 nitrogen and oxygen atoms in total. The maximum Gasteiger partial charge on any atom is 0.326 e. The van der Waals surface area contributed by atoms with Gasteiger partial charge in [0.1, 0.15) is 12.1 Å². The zero-order valence-electron chi connectivity index (χ0n) is 20.6. The van der Waals surface area contributed by atoms with Crippen LogP contribution in [0, 0.1) is 24.7 Å². The van der Waals surface area contributed by atoms with E-state index in [0.717, 1.165) is 5.56 Å². The number of sulfonamides is 1. The molecule has 1 aromatic carbocycles. The van der Waals surface area contributed by atoms with Crippen molar-refractivity contribution in [2.24, 2.45) is 17.8 Å². The second-order valence-electron chi connectivity index (χ2n) is 9.78. The lowest BCUT2D eigenvalue weighted by molar-refractivity contribution is -0.143. The maximum atomic E-state index is 13.2. The molecule has 2 unspecified atom stereocenters. The summed E-state index contributed by atoms with van der Waals surface area (Å²) in [4.78, 5) is 38.9. The van der Waals surface area contributed by atoms with Crippen LogP contribution in [-0.2, 0) is 24.4 Å². The van der Waals surface area contributed by atoms with Crippen molar-refractivity contribution >= 4 is 27.8 Å². The Balaban J connectivity index is 2.01. The standard InChI is InChI=1S/C24H37N3O6S/c1-15(2)14-20(24(30)31)25-22(28)18-10-12-27(13-11-18)23(29)21(16(3)4)26-34(32,33)19-8-6-17(5)7-9-19/h6-9,15-16,18,20-21,26H,10-14H2,1-5H3,(H,25,28)(H,30,31). The number of piperidine rings is 1. The molecule has 0 aliphatic carbocycles. The van der Waals surface area contributed by atoms with Crippen molar-refractivity contribution in [3.8, 4) is 0 Å². The van der Waals surface area contributed by atoms with Crippen LogP contribution >= 0.6 is 0 Å². The van der Waals surface area contributed by atoms with Crippen molar-refractivity contribution in [2.45, 2.75) is 70.9 Å². The number of carbonyl (C=O) groups excluding carboxylic acids is 2. The molecule has 2 rings (SSSR count). The third-order valence-corrected chi connectivity index (χ3v) is 7.50. The van der Waals surface area contributed by atoms with Gasteiger partial charge in [-0.25, -0.2) is 13.2 Å². The number of aliphatic carboxylic acids is 1. The molecule has 34 heavy (non-hydrogen) atoms. The molecule has 0 radical (unpaired) electrons. The van der Waals surface area contributed by atoms with Crippen LogP contribution in [0.1, 0.15) is 52.5 Å². The van der Waals surface area contributed by atoms with Crippen LogP contribution < -0.4 is 10.0 Å². The molecule has 10 heteroatoms. The molecule has 1 fully saturated rings. The fourth-order valence-corrected chi connectivity index (χ4v) is 5.30. The average molecular weight is 496 g/mol. The van der Waals surface area contributed by atoms with Crippen LogP contribution in [0.3, 0.4) is 0 Å². The number of nitrogens with one attached hydrogen (secondary N) is 2. The molecule has 1 aliphatic rings. The lowest BCUT2D eigenvalue weighted by Gasteiger charge is -2.35. The molecule has 2 atom stereocenters. The smallest absolute Gasteiger partial charge is 0.326 e. The summed E-state index contributed by atoms with van der Waals surface area (Å²) in [5.74, 6) is -2.25. The number of benzene rings is 1. The van der Waals surface area contributed by atoms with Gasteiger partial charge in [-0.15, -0.1) is 0 Å². The molecule has 0 bridgehead atoms. The Morgan fingerprint density at radius 3 is 2.09 bits per heavy atom. The Bertz CT molecular complexity index is 967. The SMILES string of the molecule is Cc1ccc(S(=O)(=O)NC(C(=O)N2CCC(C(=O)NC(CC(C)C)C(=O)O)CC2)C(C)C)cc1. The number of likely N-dealkylation sites (tertiary alicyclic amines) is 1. The molecule has 3 N–H and O–H groups in total. The molecule has 1 aromatic rings. The Morgan fingerprint density at radius 2 is 1.62 bits per heavy atom. The van der Waals surface area contributed by atoms with E-state index in [2.05, 4.69) is 10.0 Å². The first-order chi connectivity index (χ1) is 15.8. The summed E-state index contributed by atoms with van der Waals surface area (Å²) in [5, 5.41) is 12.0. The Kier molecular flexibility index (Phi) is 9.64. The van der Waals surface area contributed by atoms with E-state index in [-0.39, 0.29) is 34.5 Å². The number of hydrogen-bond acceptors (Lipinski definition) is 5. The van der Waals surface area contributed by atoms with E-state index in [0.29, 0.717) is 32.4 Å². The summed E-state index contributed by atoms with van der Waals surface area (Å²) in [7, 11) is -3.88. The topological polar surface area (TPSA) is 133 Å². The van der Waals surface area contributed by atoms with Gasteiger partial charge in [0.2, 0.25) is 21.8 Å². The van der Waals surface area contributed by atoms with Gasteiger partial charge < -0.3 is 15.3 Å². The van der Waals surface area contributed by atoms with Crippen LogP contribution in [0.15, 0.2) is 29.2 Å². The van der Waals surface area contributed by atoms with Crippen LogP contribution in [0.5, 0.6) is 0 Å². The van der Waals surface area contributed by atoms with Crippen molar-refractivity contribution in [3.05, 3.63) is 29.8 Å². The first-order valence-corrected chi connectivity index (χ1v) is 13.2. The quantitative estimate of drug-likeness (QED) is 0.456. The highest BCUT2D eigenvalue weighted by molar-refractivity contribution is 7.89. The lowest BCUT2D eigenvalue weighted by Crippen LogP contribution is -2.54. The molecule has 1 heterocycles. The number of hydrogen-bond donors (Lipinski definition) is 3. The lowest BCUT2D eigenvalue weighted by atomic mass is 9.93. The summed E-state index contributed by atoms with van der Waals surface area (Å²) in [5.41, 5.74) is 0.932. The van der Waals surface area contributed by atoms with Crippen molar-refractivity contribution < 1.29 is 27.9 Å². The van der Waals surface area contributed by atoms with Gasteiger partial charge in [-0.3, -0.25) is 9.59 Å². The fourth-order valence-electron chi connectivity index (χ4n) is 3.97. The molecule has 1 aliphatic heterocycles. The van der Waals surface area contributed by atoms with E-state index >= 15 is 0 Å². The minimum atomic E-state index is -3.88. The molecule has 0 saturated carbocycles. The zero-order chi connectivity index (χ0) is 25.6. The number of carboxylic acid groups (broad SMARTS) is 1. The van der Waals surface area contributed by atoms with Crippen molar-refractivity contribution in [1.82, 2.24) is 14.9 Å². The highest BCUT2D eigenvalue weighted by Gasteiger charge is 2.35. The van der Waals surface area contributed by atoms with Crippen LogP contribution in [-0.4, -0.2) is 61.4 Å². The van der Waals surface area contributed by atoms with E-state index in [1.165, 1.54) is 12.1 Å². The molecular formula is C24H37N3O6S. The Labute approximate surface area is 202 Å². The van der Waals surface area contributed by atoms with Gasteiger partial charge in [0.05, 0.1) is 4.90 Å². The number of carbonyl (C=O) groups is 3. The average Bonchev–Trinajstić information content (AvgIpc) is 2.76. The molecule has 190 valence electrons. The first kappa shape index (κ1) is 27.8. The summed E-state index contributed by atoms with van der Waals surface area (Å²) < 4.78 is 28.2. The minimum Gasteiger partial charge on any atom is -0.480 e. The van der Waals surface area contributed by atoms with Crippen LogP contribution in [0.2, 0.25) is 0 Å². The van der Waals surface area contributed by atoms with Gasteiger partial charge in [0, 0.05) is 19.0 Å². The van der Waals surface area contributed by atoms with E-state index < -0.39 is 28.1 Å². The zero-order valence-corrected chi connectivity index (χ0v) is 21.4. The largest absolute Gasteiger partial charge is 0.480 e. The third-order valence-electron chi connectivity index (χ3n) is 6.05. The molecule has 0 aromatic heterocycles. The predicted molar refractivity (Wildman–Crippen MR) is 128 cm³/mol. The maximum absolute atomic E-state index is 13.2. The van der Waals surface area contributed by atoms with Gasteiger partial charge in [0.15, 0.2) is 0 Å². The van der Waals surface area contributed by atoms with Gasteiger partial charge in [-0.05, 0) is 50.2 Å². The van der Waals surface area contributed by atoms with Gasteiger partial charge in [0.25, 0.3) is 0 Å². The highest BCUT2D eigenvalue weighted by Crippen LogP contribution is 2.21. The monoisotopic (exact) mass is 495 g/mol. The second-order valence-corrected chi connectivity index (χ2v) is 11.5. The number of amides is 2. The number of aryl methyl sites for hydroxylation is 1. The van der Waals surface area contributed by atoms with Gasteiger partial charge >= 0.3 is 5.97 Å². The number of rotatable bonds is 10. The Hall–Kier alpha value is -2.46. The second kappa shape index (κ2) is 11.8. The number of nitrogens with zero attached hydrogens (tertiary/aromatic N) is 1. The normalized spacial score (nSPS) is 17.0. The fraction of sp³-hybridized carbons (Fsp3) is 0.625. The predicted octanol–water partition coefficient (Wildman–Crippen LogP) is 2.15.